The zero-order chi connectivity index (χ0) is 20.1. The molecule has 0 radical (unpaired) electrons. The monoisotopic (exact) mass is 401 g/mol. The molecule has 150 valence electrons. The van der Waals surface area contributed by atoms with Crippen molar-refractivity contribution in [3.05, 3.63) is 53.2 Å². The van der Waals surface area contributed by atoms with Gasteiger partial charge in [0, 0.05) is 11.1 Å². The molecule has 1 aliphatic carbocycles. The fraction of sp³-hybridized carbons (Fsp3) is 0.450. The van der Waals surface area contributed by atoms with E-state index in [1.165, 1.54) is 12.1 Å². The molecule has 2 atom stereocenters. The average Bonchev–Trinajstić information content (AvgIpc) is 3.24. The molecule has 1 aromatic carbocycles. The molecule has 1 saturated carbocycles. The van der Waals surface area contributed by atoms with Crippen molar-refractivity contribution in [1.82, 2.24) is 4.98 Å². The maximum atomic E-state index is 13.6. The van der Waals surface area contributed by atoms with Gasteiger partial charge in [-0.2, -0.15) is 26.3 Å². The second kappa shape index (κ2) is 6.76. The molecule has 2 nitrogen and oxygen atoms in total. The van der Waals surface area contributed by atoms with Crippen molar-refractivity contribution < 1.29 is 31.1 Å². The van der Waals surface area contributed by atoms with Crippen LogP contribution < -0.4 is 0 Å². The SMILES string of the molecule is FC(F)(F)c1ccc(-c2ccc(C3OC3C3CCCC3)c(C(F)(F)F)n2)cc1. The highest BCUT2D eigenvalue weighted by Crippen LogP contribution is 2.51. The summed E-state index contributed by atoms with van der Waals surface area (Å²) in [4.78, 5) is 3.74. The van der Waals surface area contributed by atoms with Gasteiger partial charge in [-0.05, 0) is 37.0 Å². The van der Waals surface area contributed by atoms with Crippen LogP contribution in [0.2, 0.25) is 0 Å². The fourth-order valence-electron chi connectivity index (χ4n) is 3.94. The van der Waals surface area contributed by atoms with Gasteiger partial charge < -0.3 is 4.74 Å². The molecule has 2 heterocycles. The first-order valence-corrected chi connectivity index (χ1v) is 9.06. The molecular weight excluding hydrogens is 384 g/mol. The Kier molecular flexibility index (Phi) is 4.64. The first kappa shape index (κ1) is 19.2. The highest BCUT2D eigenvalue weighted by Gasteiger charge is 2.50. The summed E-state index contributed by atoms with van der Waals surface area (Å²) in [5, 5.41) is 0. The van der Waals surface area contributed by atoms with E-state index in [2.05, 4.69) is 4.98 Å². The van der Waals surface area contributed by atoms with E-state index in [0.29, 0.717) is 0 Å². The lowest BCUT2D eigenvalue weighted by Gasteiger charge is -2.13. The van der Waals surface area contributed by atoms with E-state index < -0.39 is 29.7 Å². The van der Waals surface area contributed by atoms with Crippen LogP contribution in [0.5, 0.6) is 0 Å². The van der Waals surface area contributed by atoms with E-state index in [1.54, 1.807) is 0 Å². The van der Waals surface area contributed by atoms with Crippen molar-refractivity contribution in [3.63, 3.8) is 0 Å². The summed E-state index contributed by atoms with van der Waals surface area (Å²) in [5.74, 6) is 0.278. The number of hydrogen-bond donors (Lipinski definition) is 0. The summed E-state index contributed by atoms with van der Waals surface area (Å²) < 4.78 is 84.4. The number of pyridine rings is 1. The maximum absolute atomic E-state index is 13.6. The van der Waals surface area contributed by atoms with Crippen LogP contribution in [0.4, 0.5) is 26.3 Å². The molecule has 0 N–H and O–H groups in total. The normalized spacial score (nSPS) is 23.2. The number of nitrogens with zero attached hydrogens (tertiary/aromatic N) is 1. The van der Waals surface area contributed by atoms with Crippen molar-refractivity contribution in [2.45, 2.75) is 50.2 Å². The Balaban J connectivity index is 1.64. The second-order valence-corrected chi connectivity index (χ2v) is 7.27. The summed E-state index contributed by atoms with van der Waals surface area (Å²) in [6, 6.07) is 6.65. The molecule has 1 aliphatic heterocycles. The molecule has 8 heteroatoms. The van der Waals surface area contributed by atoms with E-state index in [9.17, 15) is 26.3 Å². The Morgan fingerprint density at radius 1 is 0.821 bits per heavy atom. The first-order chi connectivity index (χ1) is 13.1. The van der Waals surface area contributed by atoms with E-state index in [1.807, 2.05) is 0 Å². The average molecular weight is 401 g/mol. The summed E-state index contributed by atoms with van der Waals surface area (Å²) in [6.45, 7) is 0. The minimum absolute atomic E-state index is 0.0000571. The topological polar surface area (TPSA) is 25.4 Å². The molecule has 2 aromatic rings. The standard InChI is InChI=1S/C20H17F6NO/c21-19(22,23)13-7-5-11(6-8-13)15-10-9-14(18(27-15)20(24,25)26)17-16(28-17)12-3-1-2-4-12/h5-10,12,16-17H,1-4H2. The molecule has 1 saturated heterocycles. The molecule has 2 aliphatic rings. The number of epoxide rings is 1. The Hall–Kier alpha value is -2.09. The number of aromatic nitrogens is 1. The summed E-state index contributed by atoms with van der Waals surface area (Å²) in [5.41, 5.74) is -1.73. The Morgan fingerprint density at radius 2 is 1.46 bits per heavy atom. The van der Waals surface area contributed by atoms with Crippen molar-refractivity contribution in [2.24, 2.45) is 5.92 Å². The fourth-order valence-corrected chi connectivity index (χ4v) is 3.94. The van der Waals surface area contributed by atoms with Gasteiger partial charge in [-0.25, -0.2) is 4.98 Å². The minimum Gasteiger partial charge on any atom is -0.364 e. The third kappa shape index (κ3) is 3.74. The van der Waals surface area contributed by atoms with Crippen LogP contribution in [-0.2, 0) is 17.1 Å². The van der Waals surface area contributed by atoms with Gasteiger partial charge in [-0.15, -0.1) is 0 Å². The van der Waals surface area contributed by atoms with Gasteiger partial charge in [0.05, 0.1) is 17.4 Å². The molecule has 2 fully saturated rings. The predicted molar refractivity (Wildman–Crippen MR) is 89.2 cm³/mol. The van der Waals surface area contributed by atoms with Crippen LogP contribution in [0.1, 0.15) is 48.6 Å². The largest absolute Gasteiger partial charge is 0.433 e. The van der Waals surface area contributed by atoms with Crippen molar-refractivity contribution in [1.29, 1.82) is 0 Å². The smallest absolute Gasteiger partial charge is 0.364 e. The van der Waals surface area contributed by atoms with E-state index in [4.69, 9.17) is 4.74 Å². The van der Waals surface area contributed by atoms with Gasteiger partial charge >= 0.3 is 12.4 Å². The van der Waals surface area contributed by atoms with Crippen LogP contribution in [0.25, 0.3) is 11.3 Å². The van der Waals surface area contributed by atoms with Gasteiger partial charge in [0.25, 0.3) is 0 Å². The van der Waals surface area contributed by atoms with Crippen LogP contribution in [0, 0.1) is 5.92 Å². The summed E-state index contributed by atoms with van der Waals surface area (Å²) in [7, 11) is 0. The molecule has 0 amide bonds. The molecule has 2 unspecified atom stereocenters. The zero-order valence-corrected chi connectivity index (χ0v) is 14.6. The predicted octanol–water partition coefficient (Wildman–Crippen LogP) is 6.42. The lowest BCUT2D eigenvalue weighted by Crippen LogP contribution is -2.14. The highest BCUT2D eigenvalue weighted by molar-refractivity contribution is 5.60. The number of halogens is 6. The zero-order valence-electron chi connectivity index (χ0n) is 14.6. The highest BCUT2D eigenvalue weighted by atomic mass is 19.4. The van der Waals surface area contributed by atoms with Crippen LogP contribution >= 0.6 is 0 Å². The van der Waals surface area contributed by atoms with Gasteiger partial charge in [0.2, 0.25) is 0 Å². The summed E-state index contributed by atoms with van der Waals surface area (Å²) in [6.07, 6.45) is -5.96. The molecule has 0 spiro atoms. The van der Waals surface area contributed by atoms with Gasteiger partial charge in [0.15, 0.2) is 5.69 Å². The van der Waals surface area contributed by atoms with Gasteiger partial charge in [0.1, 0.15) is 6.10 Å². The van der Waals surface area contributed by atoms with E-state index >= 15 is 0 Å². The Morgan fingerprint density at radius 3 is 2.04 bits per heavy atom. The van der Waals surface area contributed by atoms with E-state index in [-0.39, 0.29) is 28.8 Å². The van der Waals surface area contributed by atoms with E-state index in [0.717, 1.165) is 49.9 Å². The van der Waals surface area contributed by atoms with Crippen molar-refractivity contribution in [2.75, 3.05) is 0 Å². The van der Waals surface area contributed by atoms with Crippen LogP contribution in [0.15, 0.2) is 36.4 Å². The molecule has 0 bridgehead atoms. The van der Waals surface area contributed by atoms with Crippen molar-refractivity contribution in [3.8, 4) is 11.3 Å². The number of ether oxygens (including phenoxy) is 1. The van der Waals surface area contributed by atoms with Gasteiger partial charge in [-0.3, -0.25) is 0 Å². The number of rotatable bonds is 3. The lowest BCUT2D eigenvalue weighted by atomic mass is 9.96. The first-order valence-electron chi connectivity index (χ1n) is 9.06. The Labute approximate surface area is 157 Å². The quantitative estimate of drug-likeness (QED) is 0.438. The maximum Gasteiger partial charge on any atom is 0.433 e. The summed E-state index contributed by atoms with van der Waals surface area (Å²) >= 11 is 0. The van der Waals surface area contributed by atoms with Crippen molar-refractivity contribution >= 4 is 0 Å². The molecule has 1 aromatic heterocycles. The number of benzene rings is 1. The Bertz CT molecular complexity index is 852. The molecule has 28 heavy (non-hydrogen) atoms. The molecular formula is C20H17F6NO. The van der Waals surface area contributed by atoms with Crippen LogP contribution in [0.3, 0.4) is 0 Å². The lowest BCUT2D eigenvalue weighted by molar-refractivity contribution is -0.142. The third-order valence-electron chi connectivity index (χ3n) is 5.40. The van der Waals surface area contributed by atoms with Crippen LogP contribution in [-0.4, -0.2) is 11.1 Å². The minimum atomic E-state index is -4.68. The van der Waals surface area contributed by atoms with Gasteiger partial charge in [-0.1, -0.05) is 31.0 Å². The number of hydrogen-bond acceptors (Lipinski definition) is 2. The third-order valence-corrected chi connectivity index (χ3v) is 5.40. The molecule has 4 rings (SSSR count). The second-order valence-electron chi connectivity index (χ2n) is 7.27. The number of alkyl halides is 6.